The van der Waals surface area contributed by atoms with Gasteiger partial charge < -0.3 is 4.90 Å². The molecule has 0 atom stereocenters. The SMILES string of the molecule is CN(C)c1cc(C(F)(F)F)nc(Sc2nnnn2Cc2cccs2)n1. The molecule has 0 unspecified atom stereocenters. The molecule has 0 saturated carbocycles. The van der Waals surface area contributed by atoms with Crippen LogP contribution in [0.3, 0.4) is 0 Å². The topological polar surface area (TPSA) is 72.6 Å². The van der Waals surface area contributed by atoms with Gasteiger partial charge in [-0.3, -0.25) is 0 Å². The Labute approximate surface area is 148 Å². The van der Waals surface area contributed by atoms with E-state index in [0.29, 0.717) is 11.7 Å². The molecule has 25 heavy (non-hydrogen) atoms. The Kier molecular flexibility index (Phi) is 4.90. The molecule has 3 aromatic rings. The summed E-state index contributed by atoms with van der Waals surface area (Å²) in [5.41, 5.74) is -1.01. The minimum absolute atomic E-state index is 0.0687. The van der Waals surface area contributed by atoms with E-state index in [-0.39, 0.29) is 11.0 Å². The van der Waals surface area contributed by atoms with Crippen LogP contribution in [0.4, 0.5) is 19.0 Å². The van der Waals surface area contributed by atoms with E-state index in [1.165, 1.54) is 20.9 Å². The van der Waals surface area contributed by atoms with Gasteiger partial charge >= 0.3 is 6.18 Å². The molecule has 0 aliphatic carbocycles. The van der Waals surface area contributed by atoms with Crippen LogP contribution in [0.1, 0.15) is 10.6 Å². The second-order valence-electron chi connectivity index (χ2n) is 5.09. The molecule has 3 heterocycles. The molecule has 0 aromatic carbocycles. The molecule has 3 rings (SSSR count). The summed E-state index contributed by atoms with van der Waals surface area (Å²) in [6, 6.07) is 4.72. The van der Waals surface area contributed by atoms with Gasteiger partial charge in [-0.1, -0.05) is 6.07 Å². The Morgan fingerprint density at radius 3 is 2.72 bits per heavy atom. The lowest BCUT2D eigenvalue weighted by Crippen LogP contribution is -2.16. The van der Waals surface area contributed by atoms with Gasteiger partial charge in [-0.2, -0.15) is 13.2 Å². The first-order valence-corrected chi connectivity index (χ1v) is 8.62. The lowest BCUT2D eigenvalue weighted by Gasteiger charge is -2.14. The maximum atomic E-state index is 13.1. The van der Waals surface area contributed by atoms with E-state index < -0.39 is 11.9 Å². The summed E-state index contributed by atoms with van der Waals surface area (Å²) in [5.74, 6) is 0.155. The Bertz CT molecular complexity index is 846. The van der Waals surface area contributed by atoms with Gasteiger partial charge in [0.2, 0.25) is 5.16 Å². The molecule has 0 saturated heterocycles. The highest BCUT2D eigenvalue weighted by Gasteiger charge is 2.34. The minimum atomic E-state index is -4.56. The first-order valence-electron chi connectivity index (χ1n) is 6.93. The van der Waals surface area contributed by atoms with Crippen molar-refractivity contribution in [2.45, 2.75) is 23.0 Å². The zero-order chi connectivity index (χ0) is 18.0. The summed E-state index contributed by atoms with van der Waals surface area (Å²) in [5, 5.41) is 13.5. The van der Waals surface area contributed by atoms with Crippen molar-refractivity contribution in [3.8, 4) is 0 Å². The second-order valence-corrected chi connectivity index (χ2v) is 7.05. The van der Waals surface area contributed by atoms with Crippen molar-refractivity contribution in [2.75, 3.05) is 19.0 Å². The Morgan fingerprint density at radius 1 is 1.28 bits per heavy atom. The van der Waals surface area contributed by atoms with Crippen LogP contribution in [0.15, 0.2) is 33.9 Å². The van der Waals surface area contributed by atoms with Crippen LogP contribution < -0.4 is 4.90 Å². The van der Waals surface area contributed by atoms with E-state index in [2.05, 4.69) is 25.5 Å². The third-order valence-corrected chi connectivity index (χ3v) is 4.71. The molecule has 132 valence electrons. The molecule has 0 spiro atoms. The maximum absolute atomic E-state index is 13.1. The molecule has 3 aromatic heterocycles. The van der Waals surface area contributed by atoms with Gasteiger partial charge in [0, 0.05) is 25.0 Å². The molecular weight excluding hydrogens is 375 g/mol. The predicted molar refractivity (Wildman–Crippen MR) is 86.7 cm³/mol. The fourth-order valence-corrected chi connectivity index (χ4v) is 3.25. The Hall–Kier alpha value is -2.21. The molecule has 7 nitrogen and oxygen atoms in total. The number of aromatic nitrogens is 6. The van der Waals surface area contributed by atoms with Crippen LogP contribution in [0.25, 0.3) is 0 Å². The molecule has 12 heteroatoms. The largest absolute Gasteiger partial charge is 0.433 e. The molecule has 0 fully saturated rings. The highest BCUT2D eigenvalue weighted by molar-refractivity contribution is 7.99. The zero-order valence-corrected chi connectivity index (χ0v) is 14.7. The van der Waals surface area contributed by atoms with Gasteiger partial charge in [0.25, 0.3) is 0 Å². The number of anilines is 1. The van der Waals surface area contributed by atoms with Gasteiger partial charge in [0.15, 0.2) is 10.9 Å². The number of nitrogens with zero attached hydrogens (tertiary/aromatic N) is 7. The lowest BCUT2D eigenvalue weighted by atomic mass is 10.4. The number of hydrogen-bond acceptors (Lipinski definition) is 8. The fourth-order valence-electron chi connectivity index (χ4n) is 1.83. The smallest absolute Gasteiger partial charge is 0.363 e. The predicted octanol–water partition coefficient (Wildman–Crippen LogP) is 2.81. The number of alkyl halides is 3. The van der Waals surface area contributed by atoms with Crippen molar-refractivity contribution in [1.82, 2.24) is 30.2 Å². The Morgan fingerprint density at radius 2 is 2.08 bits per heavy atom. The third kappa shape index (κ3) is 4.25. The van der Waals surface area contributed by atoms with Crippen molar-refractivity contribution in [2.24, 2.45) is 0 Å². The summed E-state index contributed by atoms with van der Waals surface area (Å²) >= 11 is 2.42. The summed E-state index contributed by atoms with van der Waals surface area (Å²) in [6.45, 7) is 0.423. The van der Waals surface area contributed by atoms with Gasteiger partial charge in [0.1, 0.15) is 5.82 Å². The highest BCUT2D eigenvalue weighted by Crippen LogP contribution is 2.32. The van der Waals surface area contributed by atoms with E-state index in [1.807, 2.05) is 17.5 Å². The average molecular weight is 387 g/mol. The molecule has 0 bridgehead atoms. The van der Waals surface area contributed by atoms with Crippen molar-refractivity contribution in [3.63, 3.8) is 0 Å². The molecule has 0 amide bonds. The van der Waals surface area contributed by atoms with Crippen molar-refractivity contribution >= 4 is 28.9 Å². The average Bonchev–Trinajstić information content (AvgIpc) is 3.19. The van der Waals surface area contributed by atoms with Crippen molar-refractivity contribution in [3.05, 3.63) is 34.2 Å². The fraction of sp³-hybridized carbons (Fsp3) is 0.308. The number of tetrazole rings is 1. The van der Waals surface area contributed by atoms with E-state index in [4.69, 9.17) is 0 Å². The second kappa shape index (κ2) is 6.96. The monoisotopic (exact) mass is 387 g/mol. The quantitative estimate of drug-likeness (QED) is 0.623. The molecular formula is C13H12F3N7S2. The summed E-state index contributed by atoms with van der Waals surface area (Å²) in [4.78, 5) is 10.2. The first-order chi connectivity index (χ1) is 11.8. The zero-order valence-electron chi connectivity index (χ0n) is 13.1. The van der Waals surface area contributed by atoms with Crippen LogP contribution >= 0.6 is 23.1 Å². The van der Waals surface area contributed by atoms with Crippen molar-refractivity contribution in [1.29, 1.82) is 0 Å². The van der Waals surface area contributed by atoms with E-state index >= 15 is 0 Å². The normalized spacial score (nSPS) is 11.7. The van der Waals surface area contributed by atoms with Crippen LogP contribution in [0, 0.1) is 0 Å². The molecule has 0 aliphatic rings. The van der Waals surface area contributed by atoms with Gasteiger partial charge in [-0.25, -0.2) is 14.6 Å². The highest BCUT2D eigenvalue weighted by atomic mass is 32.2. The van der Waals surface area contributed by atoms with E-state index in [0.717, 1.165) is 22.7 Å². The van der Waals surface area contributed by atoms with Gasteiger partial charge in [-0.05, 0) is 33.6 Å². The number of hydrogen-bond donors (Lipinski definition) is 0. The van der Waals surface area contributed by atoms with Crippen LogP contribution in [-0.2, 0) is 12.7 Å². The number of rotatable bonds is 5. The molecule has 0 aliphatic heterocycles. The number of halogens is 3. The van der Waals surface area contributed by atoms with Gasteiger partial charge in [0.05, 0.1) is 6.54 Å². The van der Waals surface area contributed by atoms with E-state index in [9.17, 15) is 13.2 Å². The Balaban J connectivity index is 1.90. The van der Waals surface area contributed by atoms with E-state index in [1.54, 1.807) is 14.1 Å². The first kappa shape index (κ1) is 17.6. The van der Waals surface area contributed by atoms with Crippen LogP contribution in [0.2, 0.25) is 0 Å². The van der Waals surface area contributed by atoms with Crippen LogP contribution in [-0.4, -0.2) is 44.3 Å². The maximum Gasteiger partial charge on any atom is 0.433 e. The van der Waals surface area contributed by atoms with Crippen molar-refractivity contribution < 1.29 is 13.2 Å². The molecule has 0 radical (unpaired) electrons. The minimum Gasteiger partial charge on any atom is -0.363 e. The third-order valence-electron chi connectivity index (χ3n) is 3.01. The number of thiophene rings is 1. The summed E-state index contributed by atoms with van der Waals surface area (Å²) < 4.78 is 40.7. The molecule has 0 N–H and O–H groups in total. The summed E-state index contributed by atoms with van der Waals surface area (Å²) in [6.07, 6.45) is -4.56. The lowest BCUT2D eigenvalue weighted by molar-refractivity contribution is -0.141. The van der Waals surface area contributed by atoms with Crippen LogP contribution in [0.5, 0.6) is 0 Å². The van der Waals surface area contributed by atoms with Gasteiger partial charge in [-0.15, -0.1) is 16.4 Å². The summed E-state index contributed by atoms with van der Waals surface area (Å²) in [7, 11) is 3.22. The standard InChI is InChI=1S/C13H12F3N7S2/c1-22(2)10-6-9(13(14,15)16)17-11(18-10)25-12-19-20-21-23(12)7-8-4-3-5-24-8/h3-6H,7H2,1-2H3.